The summed E-state index contributed by atoms with van der Waals surface area (Å²) in [5.41, 5.74) is 1.07. The van der Waals surface area contributed by atoms with Gasteiger partial charge in [0, 0.05) is 18.6 Å². The Labute approximate surface area is 132 Å². The van der Waals surface area contributed by atoms with E-state index in [0.29, 0.717) is 33.6 Å². The molecule has 0 N–H and O–H groups in total. The third-order valence-electron chi connectivity index (χ3n) is 3.41. The van der Waals surface area contributed by atoms with Gasteiger partial charge in [0.25, 0.3) is 0 Å². The number of hydrogen-bond donors (Lipinski definition) is 0. The smallest absolute Gasteiger partial charge is 0.308 e. The van der Waals surface area contributed by atoms with Crippen molar-refractivity contribution < 1.29 is 18.7 Å². The number of rotatable bonds is 3. The first-order chi connectivity index (χ1) is 11.1. The molecule has 5 nitrogen and oxygen atoms in total. The quantitative estimate of drug-likeness (QED) is 0.548. The lowest BCUT2D eigenvalue weighted by Gasteiger charge is -2.09. The van der Waals surface area contributed by atoms with Gasteiger partial charge in [-0.2, -0.15) is 0 Å². The second kappa shape index (κ2) is 5.96. The molecule has 23 heavy (non-hydrogen) atoms. The molecule has 5 heteroatoms. The minimum Gasteiger partial charge on any atom is -0.497 e. The van der Waals surface area contributed by atoms with E-state index in [-0.39, 0.29) is 5.43 Å². The molecule has 0 aliphatic rings. The molecule has 0 spiro atoms. The van der Waals surface area contributed by atoms with Crippen LogP contribution in [0.5, 0.6) is 11.5 Å². The average molecular weight is 310 g/mol. The van der Waals surface area contributed by atoms with Crippen molar-refractivity contribution in [3.05, 3.63) is 59.0 Å². The molecule has 0 aliphatic heterocycles. The zero-order chi connectivity index (χ0) is 16.4. The molecule has 0 fully saturated rings. The van der Waals surface area contributed by atoms with Crippen LogP contribution in [-0.2, 0) is 4.79 Å². The molecule has 2 aromatic carbocycles. The third kappa shape index (κ3) is 2.81. The van der Waals surface area contributed by atoms with E-state index in [4.69, 9.17) is 13.9 Å². The summed E-state index contributed by atoms with van der Waals surface area (Å²) in [6, 6.07) is 11.8. The monoisotopic (exact) mass is 310 g/mol. The summed E-state index contributed by atoms with van der Waals surface area (Å²) in [6.07, 6.45) is 1.37. The van der Waals surface area contributed by atoms with Crippen LogP contribution in [0.4, 0.5) is 0 Å². The van der Waals surface area contributed by atoms with E-state index in [1.165, 1.54) is 13.2 Å². The van der Waals surface area contributed by atoms with Crippen molar-refractivity contribution in [1.82, 2.24) is 0 Å². The predicted molar refractivity (Wildman–Crippen MR) is 85.8 cm³/mol. The fraction of sp³-hybridized carbons (Fsp3) is 0.111. The largest absolute Gasteiger partial charge is 0.497 e. The molecular formula is C18H14O5. The van der Waals surface area contributed by atoms with Crippen LogP contribution in [-0.4, -0.2) is 13.1 Å². The molecule has 116 valence electrons. The highest BCUT2D eigenvalue weighted by atomic mass is 16.5. The van der Waals surface area contributed by atoms with Crippen molar-refractivity contribution >= 4 is 16.9 Å². The molecule has 0 unspecified atom stereocenters. The average Bonchev–Trinajstić information content (AvgIpc) is 2.55. The number of para-hydroxylation sites is 1. The van der Waals surface area contributed by atoms with Crippen LogP contribution < -0.4 is 14.9 Å². The normalized spacial score (nSPS) is 10.5. The maximum absolute atomic E-state index is 12.7. The molecule has 0 amide bonds. The van der Waals surface area contributed by atoms with E-state index >= 15 is 0 Å². The van der Waals surface area contributed by atoms with Crippen molar-refractivity contribution in [3.63, 3.8) is 0 Å². The maximum atomic E-state index is 12.7. The Morgan fingerprint density at radius 3 is 2.61 bits per heavy atom. The van der Waals surface area contributed by atoms with Crippen LogP contribution in [0.25, 0.3) is 22.1 Å². The standard InChI is InChI=1S/C18H14O5/c1-11(19)23-16-6-4-3-5-13(16)15-10-22-17-9-12(21-2)7-8-14(17)18(15)20/h3-10H,1-2H3. The number of ether oxygens (including phenoxy) is 2. The van der Waals surface area contributed by atoms with Gasteiger partial charge in [-0.05, 0) is 18.2 Å². The van der Waals surface area contributed by atoms with Gasteiger partial charge >= 0.3 is 5.97 Å². The van der Waals surface area contributed by atoms with Gasteiger partial charge in [0.05, 0.1) is 18.1 Å². The second-order valence-corrected chi connectivity index (χ2v) is 4.93. The summed E-state index contributed by atoms with van der Waals surface area (Å²) < 4.78 is 15.8. The summed E-state index contributed by atoms with van der Waals surface area (Å²) >= 11 is 0. The fourth-order valence-electron chi connectivity index (χ4n) is 2.35. The van der Waals surface area contributed by atoms with Gasteiger partial charge in [-0.3, -0.25) is 9.59 Å². The Kier molecular flexibility index (Phi) is 3.85. The van der Waals surface area contributed by atoms with Crippen LogP contribution in [0, 0.1) is 0 Å². The van der Waals surface area contributed by atoms with Crippen LogP contribution in [0.2, 0.25) is 0 Å². The summed E-state index contributed by atoms with van der Waals surface area (Å²) in [5, 5.41) is 0.431. The van der Waals surface area contributed by atoms with Gasteiger partial charge in [0.2, 0.25) is 5.43 Å². The summed E-state index contributed by atoms with van der Waals surface area (Å²) in [6.45, 7) is 1.31. The molecule has 0 saturated heterocycles. The van der Waals surface area contributed by atoms with Gasteiger partial charge < -0.3 is 13.9 Å². The lowest BCUT2D eigenvalue weighted by atomic mass is 10.0. The van der Waals surface area contributed by atoms with Gasteiger partial charge in [-0.25, -0.2) is 0 Å². The topological polar surface area (TPSA) is 65.7 Å². The van der Waals surface area contributed by atoms with Crippen molar-refractivity contribution in [2.24, 2.45) is 0 Å². The zero-order valence-corrected chi connectivity index (χ0v) is 12.7. The zero-order valence-electron chi connectivity index (χ0n) is 12.7. The molecule has 3 rings (SSSR count). The molecule has 0 aliphatic carbocycles. The first-order valence-corrected chi connectivity index (χ1v) is 6.97. The Balaban J connectivity index is 2.20. The lowest BCUT2D eigenvalue weighted by Crippen LogP contribution is -2.08. The van der Waals surface area contributed by atoms with Crippen molar-refractivity contribution in [3.8, 4) is 22.6 Å². The number of hydrogen-bond acceptors (Lipinski definition) is 5. The highest BCUT2D eigenvalue weighted by molar-refractivity contribution is 5.84. The van der Waals surface area contributed by atoms with Crippen LogP contribution in [0.1, 0.15) is 6.92 Å². The molecule has 0 bridgehead atoms. The minimum absolute atomic E-state index is 0.200. The van der Waals surface area contributed by atoms with Crippen molar-refractivity contribution in [1.29, 1.82) is 0 Å². The molecule has 1 aromatic heterocycles. The van der Waals surface area contributed by atoms with Gasteiger partial charge in [-0.15, -0.1) is 0 Å². The summed E-state index contributed by atoms with van der Waals surface area (Å²) in [5.74, 6) is 0.473. The Hall–Kier alpha value is -3.08. The van der Waals surface area contributed by atoms with Crippen molar-refractivity contribution in [2.45, 2.75) is 6.92 Å². The summed E-state index contributed by atoms with van der Waals surface area (Å²) in [4.78, 5) is 24.0. The van der Waals surface area contributed by atoms with Crippen LogP contribution in [0.15, 0.2) is 57.9 Å². The van der Waals surface area contributed by atoms with Crippen LogP contribution in [0.3, 0.4) is 0 Å². The number of fused-ring (bicyclic) bond motifs is 1. The summed E-state index contributed by atoms with van der Waals surface area (Å²) in [7, 11) is 1.54. The molecular weight excluding hydrogens is 296 g/mol. The van der Waals surface area contributed by atoms with E-state index in [1.807, 2.05) is 0 Å². The van der Waals surface area contributed by atoms with E-state index in [2.05, 4.69) is 0 Å². The van der Waals surface area contributed by atoms with Crippen molar-refractivity contribution in [2.75, 3.05) is 7.11 Å². The van der Waals surface area contributed by atoms with E-state index in [0.717, 1.165) is 0 Å². The van der Waals surface area contributed by atoms with Crippen LogP contribution >= 0.6 is 0 Å². The highest BCUT2D eigenvalue weighted by Gasteiger charge is 2.14. The van der Waals surface area contributed by atoms with E-state index < -0.39 is 5.97 Å². The SMILES string of the molecule is COc1ccc2c(=O)c(-c3ccccc3OC(C)=O)coc2c1. The first-order valence-electron chi connectivity index (χ1n) is 6.97. The van der Waals surface area contributed by atoms with E-state index in [9.17, 15) is 9.59 Å². The van der Waals surface area contributed by atoms with E-state index in [1.54, 1.807) is 49.6 Å². The third-order valence-corrected chi connectivity index (χ3v) is 3.41. The minimum atomic E-state index is -0.452. The highest BCUT2D eigenvalue weighted by Crippen LogP contribution is 2.29. The number of carbonyl (C=O) groups excluding carboxylic acids is 1. The van der Waals surface area contributed by atoms with Gasteiger partial charge in [0.1, 0.15) is 23.3 Å². The molecule has 0 atom stereocenters. The van der Waals surface area contributed by atoms with Gasteiger partial charge in [0.15, 0.2) is 0 Å². The molecule has 1 heterocycles. The number of methoxy groups -OCH3 is 1. The Morgan fingerprint density at radius 1 is 1.09 bits per heavy atom. The molecule has 0 saturated carbocycles. The lowest BCUT2D eigenvalue weighted by molar-refractivity contribution is -0.131. The second-order valence-electron chi connectivity index (χ2n) is 4.93. The fourth-order valence-corrected chi connectivity index (χ4v) is 2.35. The maximum Gasteiger partial charge on any atom is 0.308 e. The molecule has 3 aromatic rings. The predicted octanol–water partition coefficient (Wildman–Crippen LogP) is 3.39. The van der Waals surface area contributed by atoms with Gasteiger partial charge in [-0.1, -0.05) is 18.2 Å². The molecule has 0 radical (unpaired) electrons. The number of benzene rings is 2. The number of carbonyl (C=O) groups is 1. The Bertz CT molecular complexity index is 940. The number of esters is 1. The first kappa shape index (κ1) is 14.8. The Morgan fingerprint density at radius 2 is 1.87 bits per heavy atom.